The minimum atomic E-state index is -4.77. The molecule has 8 nitrogen and oxygen atoms in total. The van der Waals surface area contributed by atoms with Crippen molar-refractivity contribution in [1.29, 1.82) is 5.26 Å². The molecule has 5 rings (SSSR count). The zero-order valence-electron chi connectivity index (χ0n) is 19.7. The number of anilines is 1. The van der Waals surface area contributed by atoms with Gasteiger partial charge in [-0.25, -0.2) is 4.79 Å². The van der Waals surface area contributed by atoms with E-state index in [1.807, 2.05) is 0 Å². The molecular weight excluding hydrogens is 467 g/mol. The molecule has 2 amide bonds. The number of nitrogens with zero attached hydrogens (tertiary/aromatic N) is 2. The molecule has 4 aliphatic heterocycles. The molecule has 0 saturated carbocycles. The maximum atomic E-state index is 14.0. The number of benzene rings is 1. The number of fused-ring (bicyclic) bond motifs is 2. The lowest BCUT2D eigenvalue weighted by atomic mass is 9.56. The first kappa shape index (κ1) is 23.9. The van der Waals surface area contributed by atoms with E-state index in [2.05, 4.69) is 5.32 Å². The van der Waals surface area contributed by atoms with Gasteiger partial charge in [-0.3, -0.25) is 9.69 Å². The summed E-state index contributed by atoms with van der Waals surface area (Å²) in [5, 5.41) is 12.0. The van der Waals surface area contributed by atoms with Crippen molar-refractivity contribution in [1.82, 2.24) is 5.32 Å². The van der Waals surface area contributed by atoms with E-state index in [4.69, 9.17) is 19.5 Å². The predicted molar refractivity (Wildman–Crippen MR) is 115 cm³/mol. The Morgan fingerprint density at radius 1 is 1.34 bits per heavy atom. The standard InChI is InChI=1S/C24H26F3N3O5/c1-12(2)34-20(32)29-16-10-23-7-8-33-18-17(23)21(3,22(16,4)35-23)19(31)30(18)14-6-5-13(11-28)15(9-14)24(25,26)27/h5-6,9,12,16-18H,7-8,10H2,1-4H3,(H,29,32)/t16-,17-,18+,21-,22-,23+/m1/s1. The van der Waals surface area contributed by atoms with Crippen LogP contribution in [0.1, 0.15) is 51.7 Å². The highest BCUT2D eigenvalue weighted by atomic mass is 19.4. The van der Waals surface area contributed by atoms with Crippen LogP contribution in [0.4, 0.5) is 23.7 Å². The van der Waals surface area contributed by atoms with Crippen LogP contribution in [0.15, 0.2) is 18.2 Å². The number of hydrogen-bond acceptors (Lipinski definition) is 6. The van der Waals surface area contributed by atoms with E-state index >= 15 is 0 Å². The van der Waals surface area contributed by atoms with Crippen molar-refractivity contribution in [2.24, 2.45) is 11.3 Å². The topological polar surface area (TPSA) is 101 Å². The number of ether oxygens (including phenoxy) is 3. The summed E-state index contributed by atoms with van der Waals surface area (Å²) in [6.07, 6.45) is -5.64. The Labute approximate surface area is 200 Å². The van der Waals surface area contributed by atoms with Crippen molar-refractivity contribution in [3.05, 3.63) is 29.3 Å². The zero-order valence-corrected chi connectivity index (χ0v) is 19.7. The molecule has 0 aliphatic carbocycles. The SMILES string of the molecule is CC(C)OC(=O)N[C@@H]1C[C@@]23CCO[C@H]4[C@@H]2[C@](C)(C(=O)N4c2ccc(C#N)c(C(F)(F)F)c2)[C@]1(C)O3. The predicted octanol–water partition coefficient (Wildman–Crippen LogP) is 3.73. The summed E-state index contributed by atoms with van der Waals surface area (Å²) in [6.45, 7) is 7.19. The average molecular weight is 493 g/mol. The highest BCUT2D eigenvalue weighted by Gasteiger charge is 2.83. The number of amides is 2. The third kappa shape index (κ3) is 3.05. The van der Waals surface area contributed by atoms with Crippen LogP contribution in [0.5, 0.6) is 0 Å². The van der Waals surface area contributed by atoms with Crippen LogP contribution in [-0.4, -0.2) is 48.2 Å². The molecule has 4 heterocycles. The monoisotopic (exact) mass is 493 g/mol. The largest absolute Gasteiger partial charge is 0.447 e. The normalized spacial score (nSPS) is 37.4. The van der Waals surface area contributed by atoms with E-state index < -0.39 is 64.1 Å². The van der Waals surface area contributed by atoms with Crippen LogP contribution in [0.3, 0.4) is 0 Å². The summed E-state index contributed by atoms with van der Waals surface area (Å²) in [4.78, 5) is 27.7. The van der Waals surface area contributed by atoms with Gasteiger partial charge in [-0.1, -0.05) is 0 Å². The molecule has 1 N–H and O–H groups in total. The Morgan fingerprint density at radius 2 is 2.06 bits per heavy atom. The van der Waals surface area contributed by atoms with Crippen LogP contribution >= 0.6 is 0 Å². The molecule has 188 valence electrons. The number of carbonyl (C=O) groups is 2. The van der Waals surface area contributed by atoms with E-state index in [9.17, 15) is 22.8 Å². The summed E-state index contributed by atoms with van der Waals surface area (Å²) < 4.78 is 58.8. The Hall–Kier alpha value is -2.84. The second kappa shape index (κ2) is 7.34. The second-order valence-electron chi connectivity index (χ2n) is 10.3. The molecule has 0 unspecified atom stereocenters. The Balaban J connectivity index is 1.57. The van der Waals surface area contributed by atoms with Gasteiger partial charge >= 0.3 is 12.3 Å². The van der Waals surface area contributed by atoms with Crippen molar-refractivity contribution < 1.29 is 37.0 Å². The van der Waals surface area contributed by atoms with Gasteiger partial charge < -0.3 is 19.5 Å². The lowest BCUT2D eigenvalue weighted by Gasteiger charge is -2.46. The molecule has 1 aromatic rings. The number of alkyl halides is 3. The first-order valence-electron chi connectivity index (χ1n) is 11.5. The Bertz CT molecular complexity index is 1150. The van der Waals surface area contributed by atoms with Crippen molar-refractivity contribution >= 4 is 17.7 Å². The van der Waals surface area contributed by atoms with E-state index in [0.29, 0.717) is 12.8 Å². The van der Waals surface area contributed by atoms with Gasteiger partial charge in [0.05, 0.1) is 52.9 Å². The summed E-state index contributed by atoms with van der Waals surface area (Å²) >= 11 is 0. The molecule has 1 aromatic carbocycles. The number of nitrogens with one attached hydrogen (secondary N) is 1. The van der Waals surface area contributed by atoms with Crippen molar-refractivity contribution in [2.45, 2.75) is 76.3 Å². The minimum Gasteiger partial charge on any atom is -0.447 e. The van der Waals surface area contributed by atoms with Crippen molar-refractivity contribution in [3.8, 4) is 6.07 Å². The van der Waals surface area contributed by atoms with Crippen LogP contribution in [0.25, 0.3) is 0 Å². The molecule has 35 heavy (non-hydrogen) atoms. The van der Waals surface area contributed by atoms with Gasteiger partial charge in [-0.2, -0.15) is 18.4 Å². The molecule has 4 saturated heterocycles. The van der Waals surface area contributed by atoms with Crippen molar-refractivity contribution in [2.75, 3.05) is 11.5 Å². The van der Waals surface area contributed by atoms with Crippen LogP contribution in [0.2, 0.25) is 0 Å². The number of rotatable bonds is 3. The van der Waals surface area contributed by atoms with Gasteiger partial charge in [0, 0.05) is 18.5 Å². The third-order valence-electron chi connectivity index (χ3n) is 8.21. The first-order chi connectivity index (χ1) is 16.3. The van der Waals surface area contributed by atoms with Gasteiger partial charge in [-0.05, 0) is 45.9 Å². The minimum absolute atomic E-state index is 0.00530. The number of hydrogen-bond donors (Lipinski definition) is 1. The fourth-order valence-electron chi connectivity index (χ4n) is 6.66. The fraction of sp³-hybridized carbons (Fsp3) is 0.625. The lowest BCUT2D eigenvalue weighted by Crippen LogP contribution is -2.63. The van der Waals surface area contributed by atoms with E-state index in [1.54, 1.807) is 33.8 Å². The summed E-state index contributed by atoms with van der Waals surface area (Å²) in [7, 11) is 0. The summed E-state index contributed by atoms with van der Waals surface area (Å²) in [5.74, 6) is -0.897. The Kier molecular flexibility index (Phi) is 5.01. The number of nitriles is 1. The van der Waals surface area contributed by atoms with Gasteiger partial charge in [-0.15, -0.1) is 0 Å². The van der Waals surface area contributed by atoms with E-state index in [1.165, 1.54) is 11.0 Å². The quantitative estimate of drug-likeness (QED) is 0.689. The molecule has 0 aromatic heterocycles. The van der Waals surface area contributed by atoms with Gasteiger partial charge in [0.1, 0.15) is 11.8 Å². The van der Waals surface area contributed by atoms with E-state index in [0.717, 1.165) is 12.1 Å². The maximum absolute atomic E-state index is 14.0. The molecule has 4 fully saturated rings. The molecule has 6 atom stereocenters. The van der Waals surface area contributed by atoms with Gasteiger partial charge in [0.2, 0.25) is 5.91 Å². The molecule has 0 radical (unpaired) electrons. The zero-order chi connectivity index (χ0) is 25.6. The smallest absolute Gasteiger partial charge is 0.417 e. The maximum Gasteiger partial charge on any atom is 0.417 e. The molecule has 11 heteroatoms. The first-order valence-corrected chi connectivity index (χ1v) is 11.5. The Morgan fingerprint density at radius 3 is 2.69 bits per heavy atom. The third-order valence-corrected chi connectivity index (χ3v) is 8.21. The van der Waals surface area contributed by atoms with E-state index in [-0.39, 0.29) is 18.4 Å². The highest BCUT2D eigenvalue weighted by Crippen LogP contribution is 2.71. The molecular formula is C24H26F3N3O5. The highest BCUT2D eigenvalue weighted by molar-refractivity contribution is 6.02. The summed E-state index contributed by atoms with van der Waals surface area (Å²) in [6, 6.07) is 4.25. The molecule has 4 aliphatic rings. The van der Waals surface area contributed by atoms with Crippen LogP contribution < -0.4 is 10.2 Å². The number of alkyl carbamates (subject to hydrolysis) is 1. The fourth-order valence-corrected chi connectivity index (χ4v) is 6.66. The number of carbonyl (C=O) groups excluding carboxylic acids is 2. The van der Waals surface area contributed by atoms with Gasteiger partial charge in [0.15, 0.2) is 0 Å². The van der Waals surface area contributed by atoms with Crippen LogP contribution in [-0.2, 0) is 25.2 Å². The van der Waals surface area contributed by atoms with Gasteiger partial charge in [0.25, 0.3) is 0 Å². The lowest BCUT2D eigenvalue weighted by molar-refractivity contribution is -0.143. The second-order valence-corrected chi connectivity index (χ2v) is 10.3. The van der Waals surface area contributed by atoms with Crippen molar-refractivity contribution in [3.63, 3.8) is 0 Å². The molecule has 1 spiro atoms. The molecule has 2 bridgehead atoms. The number of halogens is 3. The average Bonchev–Trinajstić information content (AvgIpc) is 3.25. The summed E-state index contributed by atoms with van der Waals surface area (Å²) in [5.41, 5.74) is -4.73. The van der Waals surface area contributed by atoms with Crippen LogP contribution in [0, 0.1) is 22.7 Å².